The molecule has 10 nitrogen and oxygen atoms in total. The van der Waals surface area contributed by atoms with E-state index in [4.69, 9.17) is 4.52 Å². The van der Waals surface area contributed by atoms with Crippen molar-refractivity contribution in [3.8, 4) is 11.4 Å². The van der Waals surface area contributed by atoms with Gasteiger partial charge in [0.15, 0.2) is 0 Å². The smallest absolute Gasteiger partial charge is 0.274 e. The van der Waals surface area contributed by atoms with Gasteiger partial charge in [-0.15, -0.1) is 0 Å². The number of rotatable bonds is 6. The zero-order valence-corrected chi connectivity index (χ0v) is 20.8. The van der Waals surface area contributed by atoms with Crippen LogP contribution < -0.4 is 10.2 Å². The van der Waals surface area contributed by atoms with Crippen molar-refractivity contribution in [2.75, 3.05) is 23.3 Å². The fourth-order valence-corrected chi connectivity index (χ4v) is 5.79. The van der Waals surface area contributed by atoms with Crippen LogP contribution in [0.2, 0.25) is 0 Å². The van der Waals surface area contributed by atoms with Crippen LogP contribution in [0.25, 0.3) is 17.0 Å². The average Bonchev–Trinajstić information content (AvgIpc) is 3.25. The molecule has 1 amide bonds. The summed E-state index contributed by atoms with van der Waals surface area (Å²) < 4.78 is 46.3. The number of aromatic nitrogens is 5. The van der Waals surface area contributed by atoms with Gasteiger partial charge in [-0.3, -0.25) is 14.2 Å². The molecule has 1 saturated heterocycles. The van der Waals surface area contributed by atoms with Gasteiger partial charge in [0.05, 0.1) is 29.2 Å². The number of aliphatic hydroxyl groups is 1. The molecule has 0 radical (unpaired) electrons. The highest BCUT2D eigenvalue weighted by Crippen LogP contribution is 2.56. The summed E-state index contributed by atoms with van der Waals surface area (Å²) in [6, 6.07) is 5.34. The van der Waals surface area contributed by atoms with Crippen LogP contribution in [0.5, 0.6) is 0 Å². The molecule has 1 spiro atoms. The minimum absolute atomic E-state index is 0.0870. The maximum atomic E-state index is 13.3. The van der Waals surface area contributed by atoms with Gasteiger partial charge in [0.1, 0.15) is 23.1 Å². The van der Waals surface area contributed by atoms with E-state index in [0.717, 1.165) is 5.69 Å². The normalized spacial score (nSPS) is 22.7. The Morgan fingerprint density at radius 2 is 2.00 bits per heavy atom. The molecule has 202 valence electrons. The summed E-state index contributed by atoms with van der Waals surface area (Å²) in [5.41, 5.74) is 1.07. The Balaban J connectivity index is 1.08. The maximum Gasteiger partial charge on any atom is 0.274 e. The summed E-state index contributed by atoms with van der Waals surface area (Å²) in [7, 11) is 0. The Morgan fingerprint density at radius 1 is 1.23 bits per heavy atom. The molecular weight excluding hydrogens is 515 g/mol. The van der Waals surface area contributed by atoms with Crippen LogP contribution in [0, 0.1) is 12.3 Å². The molecule has 0 aromatic carbocycles. The highest BCUT2D eigenvalue weighted by molar-refractivity contribution is 6.04. The Labute approximate surface area is 219 Å². The zero-order valence-electron chi connectivity index (χ0n) is 20.8. The number of carbonyl (C=O) groups excluding carboxylic acids is 1. The molecule has 1 unspecified atom stereocenters. The minimum Gasteiger partial charge on any atom is -0.384 e. The van der Waals surface area contributed by atoms with E-state index < -0.39 is 24.1 Å². The molecule has 2 aliphatic carbocycles. The van der Waals surface area contributed by atoms with Crippen molar-refractivity contribution in [1.82, 2.24) is 24.5 Å². The number of alkyl halides is 3. The molecule has 2 saturated carbocycles. The largest absolute Gasteiger partial charge is 0.384 e. The summed E-state index contributed by atoms with van der Waals surface area (Å²) in [6.45, 7) is 2.87. The van der Waals surface area contributed by atoms with Gasteiger partial charge in [-0.1, -0.05) is 5.16 Å². The number of amides is 1. The molecule has 2 N–H and O–H groups in total. The number of anilines is 2. The molecule has 3 fully saturated rings. The van der Waals surface area contributed by atoms with E-state index in [1.807, 2.05) is 11.0 Å². The van der Waals surface area contributed by atoms with E-state index in [-0.39, 0.29) is 35.9 Å². The lowest BCUT2D eigenvalue weighted by Crippen LogP contribution is -2.70. The van der Waals surface area contributed by atoms with Crippen LogP contribution in [0.3, 0.4) is 0 Å². The summed E-state index contributed by atoms with van der Waals surface area (Å²) in [5.74, 6) is -0.257. The second-order valence-electron chi connectivity index (χ2n) is 11.0. The van der Waals surface area contributed by atoms with Gasteiger partial charge in [-0.05, 0) is 44.4 Å². The van der Waals surface area contributed by atoms with E-state index >= 15 is 0 Å². The third-order valence-electron chi connectivity index (χ3n) is 7.97. The first-order chi connectivity index (χ1) is 18.6. The number of hydrogen-bond acceptors (Lipinski definition) is 8. The summed E-state index contributed by atoms with van der Waals surface area (Å²) in [6.07, 6.45) is 1.68. The number of aryl methyl sites for hydroxylation is 1. The van der Waals surface area contributed by atoms with Crippen molar-refractivity contribution in [2.24, 2.45) is 5.41 Å². The predicted molar refractivity (Wildman–Crippen MR) is 132 cm³/mol. The minimum atomic E-state index is -2.74. The Bertz CT molecular complexity index is 1610. The van der Waals surface area contributed by atoms with Gasteiger partial charge in [0, 0.05) is 36.5 Å². The van der Waals surface area contributed by atoms with Crippen LogP contribution in [0.4, 0.5) is 24.5 Å². The SMILES string of the molecule is Cc1ncc(-c2noc(C3C[C@H]3F)n2)cc1NC(=O)c1cnc2ccc(N3CC4(C3)CC(O)(C(F)F)C4)cn12. The average molecular weight is 540 g/mol. The predicted octanol–water partition coefficient (Wildman–Crippen LogP) is 3.76. The number of hydrogen-bond donors (Lipinski definition) is 2. The second kappa shape index (κ2) is 8.25. The molecule has 4 aromatic rings. The van der Waals surface area contributed by atoms with Crippen molar-refractivity contribution < 1.29 is 27.6 Å². The number of carbonyl (C=O) groups is 1. The van der Waals surface area contributed by atoms with E-state index in [9.17, 15) is 23.1 Å². The summed E-state index contributed by atoms with van der Waals surface area (Å²) >= 11 is 0. The van der Waals surface area contributed by atoms with E-state index in [2.05, 4.69) is 25.4 Å². The number of nitrogens with zero attached hydrogens (tertiary/aromatic N) is 6. The van der Waals surface area contributed by atoms with Gasteiger partial charge in [0.25, 0.3) is 12.3 Å². The molecule has 0 bridgehead atoms. The summed E-state index contributed by atoms with van der Waals surface area (Å²) in [4.78, 5) is 28.3. The molecule has 2 atom stereocenters. The highest BCUT2D eigenvalue weighted by atomic mass is 19.3. The third-order valence-corrected chi connectivity index (χ3v) is 7.97. The van der Waals surface area contributed by atoms with E-state index in [1.54, 1.807) is 35.9 Å². The maximum absolute atomic E-state index is 13.3. The lowest BCUT2D eigenvalue weighted by atomic mass is 9.55. The molecule has 13 heteroatoms. The molecule has 3 aliphatic rings. The number of nitrogens with one attached hydrogen (secondary N) is 1. The number of halogens is 3. The zero-order chi connectivity index (χ0) is 27.1. The van der Waals surface area contributed by atoms with Crippen molar-refractivity contribution in [1.29, 1.82) is 0 Å². The molecule has 7 rings (SSSR count). The van der Waals surface area contributed by atoms with Crippen molar-refractivity contribution in [3.05, 3.63) is 54.1 Å². The quantitative estimate of drug-likeness (QED) is 0.380. The second-order valence-corrected chi connectivity index (χ2v) is 11.0. The van der Waals surface area contributed by atoms with Crippen LogP contribution in [-0.4, -0.2) is 66.8 Å². The van der Waals surface area contributed by atoms with Gasteiger partial charge >= 0.3 is 0 Å². The Morgan fingerprint density at radius 3 is 2.72 bits per heavy atom. The van der Waals surface area contributed by atoms with Gasteiger partial charge < -0.3 is 19.8 Å². The summed E-state index contributed by atoms with van der Waals surface area (Å²) in [5, 5.41) is 16.8. The molecular formula is C26H24F3N7O3. The fraction of sp³-hybridized carbons (Fsp3) is 0.423. The monoisotopic (exact) mass is 539 g/mol. The van der Waals surface area contributed by atoms with Gasteiger partial charge in [-0.2, -0.15) is 4.98 Å². The lowest BCUT2D eigenvalue weighted by Gasteiger charge is -2.62. The standard InChI is InChI=1S/C26H24F3N7O3/c1-13-18(4-14(6-30-13)21-33-23(39-34-21)16-5-17(16)27)32-22(37)19-7-31-20-3-2-15(8-36(19)20)35-11-25(12-35)9-26(38,10-25)24(28)29/h2-4,6-8,16-17,24,38H,5,9-12H2,1H3,(H,32,37)/t16?,17-/m1/s1. The Kier molecular flexibility index (Phi) is 5.09. The van der Waals surface area contributed by atoms with Crippen molar-refractivity contribution >= 4 is 22.9 Å². The Hall–Kier alpha value is -4.00. The third kappa shape index (κ3) is 3.94. The van der Waals surface area contributed by atoms with Crippen molar-refractivity contribution in [2.45, 2.75) is 50.3 Å². The van der Waals surface area contributed by atoms with Gasteiger partial charge in [-0.25, -0.2) is 18.2 Å². The number of fused-ring (bicyclic) bond motifs is 1. The van der Waals surface area contributed by atoms with Crippen molar-refractivity contribution in [3.63, 3.8) is 0 Å². The first kappa shape index (κ1) is 24.1. The van der Waals surface area contributed by atoms with Crippen LogP contribution >= 0.6 is 0 Å². The molecule has 5 heterocycles. The molecule has 39 heavy (non-hydrogen) atoms. The number of imidazole rings is 1. The first-order valence-electron chi connectivity index (χ1n) is 12.6. The van der Waals surface area contributed by atoms with E-state index in [0.29, 0.717) is 47.8 Å². The highest BCUT2D eigenvalue weighted by Gasteiger charge is 2.63. The first-order valence-corrected chi connectivity index (χ1v) is 12.6. The van der Waals surface area contributed by atoms with Crippen LogP contribution in [-0.2, 0) is 0 Å². The fourth-order valence-electron chi connectivity index (χ4n) is 5.79. The number of pyridine rings is 2. The lowest BCUT2D eigenvalue weighted by molar-refractivity contribution is -0.209. The van der Waals surface area contributed by atoms with Gasteiger partial charge in [0.2, 0.25) is 11.7 Å². The van der Waals surface area contributed by atoms with Crippen LogP contribution in [0.15, 0.2) is 41.3 Å². The molecule has 4 aromatic heterocycles. The van der Waals surface area contributed by atoms with E-state index in [1.165, 1.54) is 6.20 Å². The van der Waals surface area contributed by atoms with Crippen LogP contribution in [0.1, 0.15) is 47.3 Å². The topological polar surface area (TPSA) is 122 Å². The molecule has 1 aliphatic heterocycles.